The summed E-state index contributed by atoms with van der Waals surface area (Å²) in [6.45, 7) is 4.87. The Labute approximate surface area is 166 Å². The zero-order valence-corrected chi connectivity index (χ0v) is 16.2. The lowest BCUT2D eigenvalue weighted by Crippen LogP contribution is -2.35. The summed E-state index contributed by atoms with van der Waals surface area (Å²) in [6.07, 6.45) is 5.81. The molecule has 4 rings (SSSR count). The number of benzene rings is 1. The van der Waals surface area contributed by atoms with Gasteiger partial charge in [-0.05, 0) is 36.5 Å². The molecule has 2 N–H and O–H groups in total. The van der Waals surface area contributed by atoms with Crippen LogP contribution in [0.25, 0.3) is 0 Å². The minimum atomic E-state index is 0.609. The summed E-state index contributed by atoms with van der Waals surface area (Å²) in [7, 11) is 0. The average molecular weight is 374 g/mol. The second-order valence-electron chi connectivity index (χ2n) is 7.39. The molecule has 3 aromatic rings. The quantitative estimate of drug-likeness (QED) is 0.727. The first-order chi connectivity index (χ1) is 13.7. The molecule has 1 aliphatic heterocycles. The summed E-state index contributed by atoms with van der Waals surface area (Å²) >= 11 is 0. The molecule has 0 amide bonds. The number of nitrogens with two attached hydrogens (primary N) is 1. The van der Waals surface area contributed by atoms with Crippen LogP contribution in [0.3, 0.4) is 0 Å². The number of pyridine rings is 1. The maximum atomic E-state index is 6.62. The Balaban J connectivity index is 1.73. The first-order valence-electron chi connectivity index (χ1n) is 9.80. The molecule has 1 aromatic carbocycles. The third-order valence-electron chi connectivity index (χ3n) is 5.16. The van der Waals surface area contributed by atoms with Gasteiger partial charge in [-0.3, -0.25) is 0 Å². The van der Waals surface area contributed by atoms with E-state index in [1.165, 1.54) is 12.0 Å². The molecule has 1 saturated heterocycles. The molecule has 6 heteroatoms. The Hall–Kier alpha value is -3.15. The molecular formula is C22H26N6. The van der Waals surface area contributed by atoms with Crippen LogP contribution >= 0.6 is 0 Å². The number of anilines is 4. The van der Waals surface area contributed by atoms with E-state index in [0.717, 1.165) is 31.1 Å². The molecule has 0 bridgehead atoms. The van der Waals surface area contributed by atoms with E-state index in [1.807, 2.05) is 36.4 Å². The summed E-state index contributed by atoms with van der Waals surface area (Å²) < 4.78 is 0. The molecule has 1 fully saturated rings. The number of hydrogen-bond donors (Lipinski definition) is 1. The predicted octanol–water partition coefficient (Wildman–Crippen LogP) is 4.03. The van der Waals surface area contributed by atoms with Gasteiger partial charge in [0.2, 0.25) is 0 Å². The van der Waals surface area contributed by atoms with Gasteiger partial charge in [0.15, 0.2) is 11.6 Å². The van der Waals surface area contributed by atoms with Crippen molar-refractivity contribution in [1.82, 2.24) is 15.0 Å². The zero-order chi connectivity index (χ0) is 19.3. The first kappa shape index (κ1) is 18.2. The van der Waals surface area contributed by atoms with E-state index >= 15 is 0 Å². The summed E-state index contributed by atoms with van der Waals surface area (Å²) in [5.74, 6) is 2.98. The Morgan fingerprint density at radius 1 is 1.07 bits per heavy atom. The van der Waals surface area contributed by atoms with Crippen LogP contribution in [-0.2, 0) is 6.54 Å². The third kappa shape index (κ3) is 3.91. The minimum Gasteiger partial charge on any atom is -0.393 e. The van der Waals surface area contributed by atoms with Crippen molar-refractivity contribution >= 4 is 23.1 Å². The molecule has 144 valence electrons. The van der Waals surface area contributed by atoms with Crippen LogP contribution in [0.15, 0.2) is 61.1 Å². The number of hydrogen-bond acceptors (Lipinski definition) is 6. The van der Waals surface area contributed by atoms with Gasteiger partial charge in [0, 0.05) is 19.3 Å². The van der Waals surface area contributed by atoms with Crippen LogP contribution in [-0.4, -0.2) is 28.0 Å². The summed E-state index contributed by atoms with van der Waals surface area (Å²) in [5.41, 5.74) is 8.39. The molecule has 1 atom stereocenters. The van der Waals surface area contributed by atoms with Crippen LogP contribution in [0.5, 0.6) is 0 Å². The van der Waals surface area contributed by atoms with E-state index in [2.05, 4.69) is 43.8 Å². The van der Waals surface area contributed by atoms with Crippen molar-refractivity contribution in [2.75, 3.05) is 28.6 Å². The molecule has 3 heterocycles. The van der Waals surface area contributed by atoms with Gasteiger partial charge in [-0.25, -0.2) is 15.0 Å². The smallest absolute Gasteiger partial charge is 0.163 e. The van der Waals surface area contributed by atoms with Gasteiger partial charge in [0.1, 0.15) is 17.8 Å². The van der Waals surface area contributed by atoms with Crippen LogP contribution < -0.4 is 15.5 Å². The zero-order valence-electron chi connectivity index (χ0n) is 16.2. The Morgan fingerprint density at radius 2 is 1.89 bits per heavy atom. The molecular weight excluding hydrogens is 348 g/mol. The van der Waals surface area contributed by atoms with Crippen LogP contribution in [0.4, 0.5) is 23.1 Å². The summed E-state index contributed by atoms with van der Waals surface area (Å²) in [6, 6.07) is 16.2. The highest BCUT2D eigenvalue weighted by atomic mass is 15.3. The van der Waals surface area contributed by atoms with Crippen molar-refractivity contribution in [3.8, 4) is 0 Å². The number of aromatic nitrogens is 3. The van der Waals surface area contributed by atoms with E-state index in [1.54, 1.807) is 12.5 Å². The van der Waals surface area contributed by atoms with Crippen molar-refractivity contribution in [2.45, 2.75) is 26.3 Å². The third-order valence-corrected chi connectivity index (χ3v) is 5.16. The van der Waals surface area contributed by atoms with E-state index in [0.29, 0.717) is 24.0 Å². The van der Waals surface area contributed by atoms with Gasteiger partial charge in [-0.2, -0.15) is 0 Å². The molecule has 6 nitrogen and oxygen atoms in total. The predicted molar refractivity (Wildman–Crippen MR) is 114 cm³/mol. The number of rotatable bonds is 5. The largest absolute Gasteiger partial charge is 0.393 e. The van der Waals surface area contributed by atoms with Gasteiger partial charge in [0.25, 0.3) is 0 Å². The van der Waals surface area contributed by atoms with Crippen LogP contribution in [0, 0.1) is 5.92 Å². The van der Waals surface area contributed by atoms with Gasteiger partial charge in [0.05, 0.1) is 6.54 Å². The number of nitrogens with zero attached hydrogens (tertiary/aromatic N) is 5. The average Bonchev–Trinajstić information content (AvgIpc) is 2.74. The van der Waals surface area contributed by atoms with Crippen molar-refractivity contribution < 1.29 is 0 Å². The van der Waals surface area contributed by atoms with Crippen molar-refractivity contribution in [3.05, 3.63) is 66.6 Å². The molecule has 1 aliphatic rings. The lowest BCUT2D eigenvalue weighted by atomic mass is 10.0. The first-order valence-corrected chi connectivity index (χ1v) is 9.80. The molecule has 0 spiro atoms. The maximum absolute atomic E-state index is 6.62. The molecule has 28 heavy (non-hydrogen) atoms. The second-order valence-corrected chi connectivity index (χ2v) is 7.39. The molecule has 2 aromatic heterocycles. The molecule has 0 radical (unpaired) electrons. The van der Waals surface area contributed by atoms with E-state index in [9.17, 15) is 0 Å². The SMILES string of the molecule is CC1CCCN(c2ncnc(N(Cc3ccccc3)c3ccccn3)c2N)C1. The fraction of sp³-hybridized carbons (Fsp3) is 0.318. The normalized spacial score (nSPS) is 16.8. The van der Waals surface area contributed by atoms with E-state index in [4.69, 9.17) is 5.73 Å². The van der Waals surface area contributed by atoms with Crippen molar-refractivity contribution in [3.63, 3.8) is 0 Å². The van der Waals surface area contributed by atoms with Gasteiger partial charge in [-0.1, -0.05) is 43.3 Å². The fourth-order valence-corrected chi connectivity index (χ4v) is 3.77. The van der Waals surface area contributed by atoms with Crippen LogP contribution in [0.2, 0.25) is 0 Å². The summed E-state index contributed by atoms with van der Waals surface area (Å²) in [5, 5.41) is 0. The molecule has 0 saturated carbocycles. The van der Waals surface area contributed by atoms with Gasteiger partial charge in [-0.15, -0.1) is 0 Å². The fourth-order valence-electron chi connectivity index (χ4n) is 3.77. The second kappa shape index (κ2) is 8.25. The van der Waals surface area contributed by atoms with Crippen molar-refractivity contribution in [2.24, 2.45) is 5.92 Å². The monoisotopic (exact) mass is 374 g/mol. The highest BCUT2D eigenvalue weighted by molar-refractivity contribution is 5.79. The Bertz CT molecular complexity index is 899. The lowest BCUT2D eigenvalue weighted by Gasteiger charge is -2.33. The maximum Gasteiger partial charge on any atom is 0.163 e. The lowest BCUT2D eigenvalue weighted by molar-refractivity contribution is 0.445. The standard InChI is InChI=1S/C22H26N6/c1-17-8-7-13-27(14-17)21-20(23)22(26-16-25-21)28(19-11-5-6-12-24-19)15-18-9-3-2-4-10-18/h2-6,9-12,16-17H,7-8,13-15,23H2,1H3. The van der Waals surface area contributed by atoms with E-state index < -0.39 is 0 Å². The van der Waals surface area contributed by atoms with Gasteiger partial charge < -0.3 is 15.5 Å². The van der Waals surface area contributed by atoms with Crippen LogP contribution in [0.1, 0.15) is 25.3 Å². The Morgan fingerprint density at radius 3 is 2.64 bits per heavy atom. The van der Waals surface area contributed by atoms with Gasteiger partial charge >= 0.3 is 0 Å². The van der Waals surface area contributed by atoms with Crippen molar-refractivity contribution in [1.29, 1.82) is 0 Å². The number of piperidine rings is 1. The molecule has 1 unspecified atom stereocenters. The Kier molecular flexibility index (Phi) is 5.37. The summed E-state index contributed by atoms with van der Waals surface area (Å²) in [4.78, 5) is 18.0. The molecule has 0 aliphatic carbocycles. The minimum absolute atomic E-state index is 0.609. The highest BCUT2D eigenvalue weighted by Gasteiger charge is 2.24. The number of nitrogen functional groups attached to an aromatic ring is 1. The van der Waals surface area contributed by atoms with E-state index in [-0.39, 0.29) is 0 Å². The highest BCUT2D eigenvalue weighted by Crippen LogP contribution is 2.35. The topological polar surface area (TPSA) is 71.2 Å².